The molecule has 10 heteroatoms. The lowest BCUT2D eigenvalue weighted by atomic mass is 9.66. The first kappa shape index (κ1) is 30.7. The van der Waals surface area contributed by atoms with Crippen LogP contribution in [-0.2, 0) is 23.9 Å². The minimum Gasteiger partial charge on any atom is -0.396 e. The van der Waals surface area contributed by atoms with Crippen molar-refractivity contribution in [2.24, 2.45) is 11.8 Å². The number of unbranched alkanes of at least 4 members (excludes halogenated alkanes) is 3. The third-order valence-electron chi connectivity index (χ3n) is 9.31. The summed E-state index contributed by atoms with van der Waals surface area (Å²) in [5, 5.41) is 9.17. The van der Waals surface area contributed by atoms with Gasteiger partial charge in [-0.05, 0) is 32.6 Å². The van der Waals surface area contributed by atoms with Crippen LogP contribution in [0.1, 0.15) is 45.4 Å². The number of hydrogen-bond donors (Lipinski definition) is 1. The number of rotatable bonds is 15. The van der Waals surface area contributed by atoms with E-state index >= 15 is 0 Å². The van der Waals surface area contributed by atoms with Gasteiger partial charge in [0.05, 0.1) is 30.7 Å². The maximum Gasteiger partial charge on any atom is 0.248 e. The minimum atomic E-state index is -1.03. The summed E-state index contributed by atoms with van der Waals surface area (Å²) in [6, 6.07) is -0.781. The van der Waals surface area contributed by atoms with Crippen LogP contribution in [0.25, 0.3) is 0 Å². The number of ether oxygens (including phenoxy) is 2. The van der Waals surface area contributed by atoms with E-state index in [1.165, 1.54) is 0 Å². The molecule has 2 unspecified atom stereocenters. The highest BCUT2D eigenvalue weighted by molar-refractivity contribution is 5.99. The zero-order chi connectivity index (χ0) is 28.9. The van der Waals surface area contributed by atoms with Crippen LogP contribution in [0.4, 0.5) is 0 Å². The number of likely N-dealkylation sites (N-methyl/N-ethyl adjacent to an activating group) is 1. The Labute approximate surface area is 238 Å². The molecule has 0 aliphatic carbocycles. The Bertz CT molecular complexity index is 954. The second-order valence-corrected chi connectivity index (χ2v) is 11.9. The fourth-order valence-corrected chi connectivity index (χ4v) is 7.30. The number of fused-ring (bicyclic) bond motifs is 1. The molecule has 2 bridgehead atoms. The number of carbonyl (C=O) groups is 3. The van der Waals surface area contributed by atoms with E-state index < -0.39 is 29.1 Å². The fraction of sp³-hybridized carbons (Fsp3) is 0.767. The van der Waals surface area contributed by atoms with E-state index in [9.17, 15) is 14.4 Å². The van der Waals surface area contributed by atoms with Crippen LogP contribution >= 0.6 is 0 Å². The van der Waals surface area contributed by atoms with Crippen molar-refractivity contribution in [3.05, 3.63) is 25.3 Å². The van der Waals surface area contributed by atoms with Crippen molar-refractivity contribution >= 4 is 17.7 Å². The first-order valence-corrected chi connectivity index (χ1v) is 14.9. The molecule has 224 valence electrons. The third kappa shape index (κ3) is 5.73. The molecule has 4 aliphatic rings. The Kier molecular flexibility index (Phi) is 10.1. The Balaban J connectivity index is 1.63. The Hall–Kier alpha value is -2.27. The molecule has 0 aromatic carbocycles. The van der Waals surface area contributed by atoms with Crippen LogP contribution in [0.2, 0.25) is 0 Å². The van der Waals surface area contributed by atoms with Crippen LogP contribution in [0.3, 0.4) is 0 Å². The molecular formula is C30H48N4O6. The summed E-state index contributed by atoms with van der Waals surface area (Å²) in [6.07, 6.45) is 7.73. The van der Waals surface area contributed by atoms with E-state index in [1.54, 1.807) is 33.9 Å². The molecule has 0 radical (unpaired) electrons. The van der Waals surface area contributed by atoms with Gasteiger partial charge >= 0.3 is 0 Å². The highest BCUT2D eigenvalue weighted by Gasteiger charge is 2.78. The monoisotopic (exact) mass is 560 g/mol. The highest BCUT2D eigenvalue weighted by Crippen LogP contribution is 2.63. The average Bonchev–Trinajstić information content (AvgIpc) is 3.51. The van der Waals surface area contributed by atoms with Gasteiger partial charge in [0.25, 0.3) is 0 Å². The van der Waals surface area contributed by atoms with Gasteiger partial charge < -0.3 is 29.3 Å². The van der Waals surface area contributed by atoms with Crippen LogP contribution in [-0.4, -0.2) is 132 Å². The lowest BCUT2D eigenvalue weighted by Gasteiger charge is -2.37. The average molecular weight is 561 g/mol. The topological polar surface area (TPSA) is 103 Å². The maximum absolute atomic E-state index is 14.5. The molecule has 1 spiro atoms. The standard InChI is InChI=1S/C30H48N4O6/c1-5-13-31(4)26(36)23-24-27(37)34(15-9-7-8-10-20-35)25(30(24)12-11-29(23,3)40-30)28(38)33(14-6-2)17-16-32-18-21-39-22-19-32/h5-6,23-25,35H,1-2,7-22H2,3-4H3/t23-,24-,25?,29+,30?/m0/s1. The molecule has 0 aromatic rings. The molecule has 5 atom stereocenters. The zero-order valence-electron chi connectivity index (χ0n) is 24.4. The number of carbonyl (C=O) groups excluding carboxylic acids is 3. The Morgan fingerprint density at radius 3 is 2.42 bits per heavy atom. The lowest BCUT2D eigenvalue weighted by Crippen LogP contribution is -2.57. The van der Waals surface area contributed by atoms with Gasteiger partial charge in [0.15, 0.2) is 0 Å². The van der Waals surface area contributed by atoms with Crippen molar-refractivity contribution in [1.29, 1.82) is 0 Å². The molecular weight excluding hydrogens is 512 g/mol. The molecule has 3 amide bonds. The van der Waals surface area contributed by atoms with Gasteiger partial charge in [-0.3, -0.25) is 19.3 Å². The summed E-state index contributed by atoms with van der Waals surface area (Å²) >= 11 is 0. The van der Waals surface area contributed by atoms with Gasteiger partial charge in [-0.25, -0.2) is 0 Å². The Morgan fingerprint density at radius 2 is 1.75 bits per heavy atom. The predicted octanol–water partition coefficient (Wildman–Crippen LogP) is 1.30. The molecule has 1 N–H and O–H groups in total. The fourth-order valence-electron chi connectivity index (χ4n) is 7.30. The van der Waals surface area contributed by atoms with Crippen molar-refractivity contribution < 1.29 is 29.0 Å². The summed E-state index contributed by atoms with van der Waals surface area (Å²) in [6.45, 7) is 15.2. The number of likely N-dealkylation sites (tertiary alicyclic amines) is 1. The summed E-state index contributed by atoms with van der Waals surface area (Å²) in [4.78, 5) is 49.8. The second-order valence-electron chi connectivity index (χ2n) is 11.9. The van der Waals surface area contributed by atoms with E-state index in [0.717, 1.165) is 32.4 Å². The smallest absolute Gasteiger partial charge is 0.248 e. The summed E-state index contributed by atoms with van der Waals surface area (Å²) < 4.78 is 12.2. The van der Waals surface area contributed by atoms with Gasteiger partial charge in [-0.1, -0.05) is 25.0 Å². The van der Waals surface area contributed by atoms with Crippen LogP contribution in [0.15, 0.2) is 25.3 Å². The number of morpholine rings is 1. The molecule has 4 fully saturated rings. The zero-order valence-corrected chi connectivity index (χ0v) is 24.4. The van der Waals surface area contributed by atoms with Crippen molar-refractivity contribution in [1.82, 2.24) is 19.6 Å². The summed E-state index contributed by atoms with van der Waals surface area (Å²) in [5.41, 5.74) is -1.82. The lowest BCUT2D eigenvalue weighted by molar-refractivity contribution is -0.153. The summed E-state index contributed by atoms with van der Waals surface area (Å²) in [7, 11) is 1.73. The molecule has 40 heavy (non-hydrogen) atoms. The third-order valence-corrected chi connectivity index (χ3v) is 9.31. The number of aliphatic hydroxyl groups excluding tert-OH is 1. The van der Waals surface area contributed by atoms with Crippen molar-refractivity contribution in [3.63, 3.8) is 0 Å². The number of aliphatic hydroxyl groups is 1. The largest absolute Gasteiger partial charge is 0.396 e. The maximum atomic E-state index is 14.5. The van der Waals surface area contributed by atoms with Crippen LogP contribution in [0.5, 0.6) is 0 Å². The normalized spacial score (nSPS) is 31.3. The molecule has 4 saturated heterocycles. The van der Waals surface area contributed by atoms with E-state index in [2.05, 4.69) is 18.1 Å². The van der Waals surface area contributed by atoms with Crippen molar-refractivity contribution in [2.75, 3.05) is 72.7 Å². The van der Waals surface area contributed by atoms with E-state index in [4.69, 9.17) is 14.6 Å². The molecule has 4 rings (SSSR count). The first-order valence-electron chi connectivity index (χ1n) is 14.9. The number of nitrogens with zero attached hydrogens (tertiary/aromatic N) is 4. The number of amides is 3. The van der Waals surface area contributed by atoms with Gasteiger partial charge in [0.2, 0.25) is 17.7 Å². The van der Waals surface area contributed by atoms with Crippen LogP contribution < -0.4 is 0 Å². The van der Waals surface area contributed by atoms with Crippen LogP contribution in [0, 0.1) is 11.8 Å². The predicted molar refractivity (Wildman–Crippen MR) is 151 cm³/mol. The van der Waals surface area contributed by atoms with E-state index in [1.807, 2.05) is 6.92 Å². The van der Waals surface area contributed by atoms with Crippen molar-refractivity contribution in [2.45, 2.75) is 62.7 Å². The van der Waals surface area contributed by atoms with Gasteiger partial charge in [0.1, 0.15) is 11.6 Å². The molecule has 4 aliphatic heterocycles. The van der Waals surface area contributed by atoms with Gasteiger partial charge in [-0.2, -0.15) is 0 Å². The van der Waals surface area contributed by atoms with Gasteiger partial charge in [0, 0.05) is 59.5 Å². The highest BCUT2D eigenvalue weighted by atomic mass is 16.5. The van der Waals surface area contributed by atoms with E-state index in [-0.39, 0.29) is 24.3 Å². The molecule has 0 aromatic heterocycles. The second kappa shape index (κ2) is 13.1. The van der Waals surface area contributed by atoms with Crippen molar-refractivity contribution in [3.8, 4) is 0 Å². The quantitative estimate of drug-likeness (QED) is 0.238. The summed E-state index contributed by atoms with van der Waals surface area (Å²) in [5.74, 6) is -1.75. The molecule has 4 heterocycles. The van der Waals surface area contributed by atoms with E-state index in [0.29, 0.717) is 65.2 Å². The molecule has 10 nitrogen and oxygen atoms in total. The number of hydrogen-bond acceptors (Lipinski definition) is 7. The minimum absolute atomic E-state index is 0.129. The molecule has 0 saturated carbocycles. The first-order chi connectivity index (χ1) is 19.2. The van der Waals surface area contributed by atoms with Gasteiger partial charge in [-0.15, -0.1) is 13.2 Å². The SMILES string of the molecule is C=CCN(C)C(=O)[C@@H]1[C@H]2C(=O)N(CCCCCCO)C(C(=O)N(CC=C)CCN3CCOCC3)C23CC[C@@]1(C)O3. The Morgan fingerprint density at radius 1 is 1.05 bits per heavy atom.